The Labute approximate surface area is 510 Å². The quantitative estimate of drug-likeness (QED) is 0.179. The molecule has 0 radical (unpaired) electrons. The molecule has 0 amide bonds. The molecule has 4 atom stereocenters. The number of fused-ring (bicyclic) bond motifs is 9. The summed E-state index contributed by atoms with van der Waals surface area (Å²) >= 11 is 0. The summed E-state index contributed by atoms with van der Waals surface area (Å²) in [6.45, 7) is 30.0. The Hall–Kier alpha value is -5.74. The van der Waals surface area contributed by atoms with Gasteiger partial charge in [0.1, 0.15) is 5.58 Å². The molecule has 12 aliphatic rings. The second-order valence-corrected chi connectivity index (χ2v) is 32.6. The van der Waals surface area contributed by atoms with Gasteiger partial charge in [0.05, 0.1) is 23.1 Å². The Morgan fingerprint density at radius 2 is 1.46 bits per heavy atom. The molecule has 4 aromatic rings. The van der Waals surface area contributed by atoms with Gasteiger partial charge in [0.15, 0.2) is 0 Å². The maximum Gasteiger partial charge on any atom is 0.292 e. The second-order valence-electron chi connectivity index (χ2n) is 32.6. The first-order chi connectivity index (χ1) is 41.1. The number of anilines is 2. The maximum absolute atomic E-state index is 9.22. The van der Waals surface area contributed by atoms with Crippen molar-refractivity contribution in [3.63, 3.8) is 0 Å². The van der Waals surface area contributed by atoms with E-state index in [2.05, 4.69) is 203 Å². The topological polar surface area (TPSA) is 19.6 Å². The molecule has 2 bridgehead atoms. The predicted molar refractivity (Wildman–Crippen MR) is 356 cm³/mol. The molecule has 0 saturated heterocycles. The molecule has 0 N–H and O–H groups in total. The van der Waals surface area contributed by atoms with E-state index in [-0.39, 0.29) is 56.6 Å². The van der Waals surface area contributed by atoms with Crippen molar-refractivity contribution in [1.29, 1.82) is 0 Å². The van der Waals surface area contributed by atoms with Gasteiger partial charge in [0.25, 0.3) is 6.71 Å². The van der Waals surface area contributed by atoms with Crippen molar-refractivity contribution in [2.75, 3.05) is 9.80 Å². The van der Waals surface area contributed by atoms with Gasteiger partial charge in [0.2, 0.25) is 0 Å². The van der Waals surface area contributed by atoms with Crippen LogP contribution in [0.5, 0.6) is 0 Å². The monoisotopic (exact) mass is 1110 g/mol. The third-order valence-corrected chi connectivity index (χ3v) is 24.4. The zero-order valence-corrected chi connectivity index (χ0v) is 53.3. The first-order valence-electron chi connectivity index (χ1n) is 34.6. The van der Waals surface area contributed by atoms with Crippen LogP contribution >= 0.6 is 0 Å². The highest BCUT2D eigenvalue weighted by atomic mass is 16.3. The molecule has 4 unspecified atom stereocenters. The van der Waals surface area contributed by atoms with Crippen LogP contribution in [0.2, 0.25) is 0 Å². The Balaban J connectivity index is 1.09. The van der Waals surface area contributed by atoms with Crippen molar-refractivity contribution in [3.8, 4) is 0 Å². The van der Waals surface area contributed by atoms with E-state index in [1.807, 2.05) is 12.1 Å². The number of benzene rings is 3. The van der Waals surface area contributed by atoms with Crippen LogP contribution in [0.15, 0.2) is 165 Å². The largest absolute Gasteiger partial charge is 0.468 e. The van der Waals surface area contributed by atoms with Crippen LogP contribution in [-0.4, -0.2) is 12.8 Å². The molecule has 10 aliphatic carbocycles. The summed E-state index contributed by atoms with van der Waals surface area (Å²) in [5.41, 5.74) is 26.0. The molecule has 16 rings (SSSR count). The van der Waals surface area contributed by atoms with E-state index >= 15 is 0 Å². The molecule has 3 nitrogen and oxygen atoms in total. The molecule has 0 spiro atoms. The summed E-state index contributed by atoms with van der Waals surface area (Å²) in [7, 11) is 0. The second kappa shape index (κ2) is 18.6. The van der Waals surface area contributed by atoms with Crippen LogP contribution in [0.1, 0.15) is 235 Å². The third kappa shape index (κ3) is 8.15. The van der Waals surface area contributed by atoms with Crippen LogP contribution in [0, 0.1) is 34.9 Å². The fourth-order valence-corrected chi connectivity index (χ4v) is 18.9. The Bertz CT molecular complexity index is 3960. The average molecular weight is 1110 g/mol. The summed E-state index contributed by atoms with van der Waals surface area (Å²) in [6, 6.07) is 18.2. The Morgan fingerprint density at radius 3 is 2.18 bits per heavy atom. The molecule has 84 heavy (non-hydrogen) atoms. The molecular formula is C80H95BN2O. The van der Waals surface area contributed by atoms with Crippen molar-refractivity contribution in [2.45, 2.75) is 227 Å². The van der Waals surface area contributed by atoms with Gasteiger partial charge in [-0.3, -0.25) is 0 Å². The molecule has 434 valence electrons. The number of hydrogen-bond acceptors (Lipinski definition) is 3. The minimum absolute atomic E-state index is 0.0167. The highest BCUT2D eigenvalue weighted by Gasteiger charge is 2.56. The normalized spacial score (nSPS) is 30.3. The first-order valence-corrected chi connectivity index (χ1v) is 33.1. The SMILES string of the molecule is [2H]C([2H])([2H])c1ccccc1C(C1=CCCC=C1)C1=CC2=C3B(C4=C(CCC(C(C)(C)C)=C4)N2c2ccc4c(c2C2=CC=CCC2)C(C)(C)CCC4(C)C)c2oc4cc5c(cc4c2N(C2=CC4C(C=C2)C(C)(C)CCC4(C)C)C3C1)C1(C)CCC5(C)CC1. The van der Waals surface area contributed by atoms with Gasteiger partial charge in [-0.1, -0.05) is 186 Å². The van der Waals surface area contributed by atoms with Crippen molar-refractivity contribution in [1.82, 2.24) is 0 Å². The van der Waals surface area contributed by atoms with E-state index in [1.165, 1.54) is 133 Å². The number of aryl methyl sites for hydroxylation is 1. The summed E-state index contributed by atoms with van der Waals surface area (Å²) in [6.07, 6.45) is 43.5. The van der Waals surface area contributed by atoms with Gasteiger partial charge in [-0.05, 0) is 239 Å². The Morgan fingerprint density at radius 1 is 0.726 bits per heavy atom. The van der Waals surface area contributed by atoms with Gasteiger partial charge < -0.3 is 14.2 Å². The third-order valence-electron chi connectivity index (χ3n) is 24.4. The van der Waals surface area contributed by atoms with E-state index in [0.717, 1.165) is 74.6 Å². The van der Waals surface area contributed by atoms with Crippen LogP contribution in [0.25, 0.3) is 16.5 Å². The van der Waals surface area contributed by atoms with Gasteiger partial charge in [-0.15, -0.1) is 0 Å². The van der Waals surface area contributed by atoms with Gasteiger partial charge in [-0.2, -0.15) is 0 Å². The number of nitrogens with zero attached hydrogens (tertiary/aromatic N) is 2. The van der Waals surface area contributed by atoms with E-state index in [4.69, 9.17) is 4.42 Å². The van der Waals surface area contributed by atoms with Crippen LogP contribution in [-0.2, 0) is 21.7 Å². The smallest absolute Gasteiger partial charge is 0.292 e. The predicted octanol–water partition coefficient (Wildman–Crippen LogP) is 20.6. The molecule has 1 aromatic heterocycles. The molecule has 2 aliphatic heterocycles. The highest BCUT2D eigenvalue weighted by molar-refractivity contribution is 6.88. The standard InChI is InChI=1S/C80H95BN2O/c1-49-23-21-22-28-55(49)68(50-24-17-15-18-25-50)52-43-65-71-66(44-52)83(64-34-32-58-70(69(64)51-26-19-16-20-27-51)78(11,12)38-37-76(58,7)8)63-33-29-53(74(2,3)4)45-62(63)81(71)73-72(82(65)54-30-31-57-59(46-54)77(9,10)36-35-75(57,5)6)56-47-60-61(48-67(56)84-73)80(14)41-39-79(60,13)40-42-80/h16-17,19,21-26,28,30-32,34,44-48,57,59,65,68H,15,18,20,27,29,33,35-43H2,1-14H3/i1D3. The lowest BCUT2D eigenvalue weighted by molar-refractivity contribution is 0.0326. The number of allylic oxidation sites excluding steroid dienone is 16. The summed E-state index contributed by atoms with van der Waals surface area (Å²) in [4.78, 5) is 5.67. The number of rotatable bonds is 6. The maximum atomic E-state index is 9.22. The fourth-order valence-electron chi connectivity index (χ4n) is 18.9. The zero-order chi connectivity index (χ0) is 60.9. The molecule has 2 fully saturated rings. The summed E-state index contributed by atoms with van der Waals surface area (Å²) in [5.74, 6) is 0.458. The number of hydrogen-bond donors (Lipinski definition) is 0. The average Bonchev–Trinajstić information content (AvgIpc) is 1.68. The molecule has 3 heterocycles. The molecule has 4 heteroatoms. The lowest BCUT2D eigenvalue weighted by Gasteiger charge is -2.54. The van der Waals surface area contributed by atoms with Gasteiger partial charge in [0, 0.05) is 38.1 Å². The minimum atomic E-state index is -2.31. The lowest BCUT2D eigenvalue weighted by Crippen LogP contribution is -2.58. The zero-order valence-electron chi connectivity index (χ0n) is 56.3. The van der Waals surface area contributed by atoms with E-state index < -0.39 is 6.85 Å². The Kier molecular flexibility index (Phi) is 11.4. The van der Waals surface area contributed by atoms with Crippen LogP contribution in [0.3, 0.4) is 0 Å². The first kappa shape index (κ1) is 51.5. The summed E-state index contributed by atoms with van der Waals surface area (Å²) < 4.78 is 35.7. The summed E-state index contributed by atoms with van der Waals surface area (Å²) in [5, 5.41) is 1.25. The van der Waals surface area contributed by atoms with E-state index in [9.17, 15) is 4.11 Å². The molecular weight excluding hydrogens is 1020 g/mol. The van der Waals surface area contributed by atoms with Gasteiger partial charge >= 0.3 is 0 Å². The number of furan rings is 1. The van der Waals surface area contributed by atoms with Crippen LogP contribution < -0.4 is 15.5 Å². The fraction of sp³-hybridized carbons (Fsp3) is 0.500. The van der Waals surface area contributed by atoms with Crippen molar-refractivity contribution < 1.29 is 8.53 Å². The highest BCUT2D eigenvalue weighted by Crippen LogP contribution is 2.62. The van der Waals surface area contributed by atoms with E-state index in [0.29, 0.717) is 17.4 Å². The minimum Gasteiger partial charge on any atom is -0.468 e. The lowest BCUT2D eigenvalue weighted by atomic mass is 9.32. The van der Waals surface area contributed by atoms with Gasteiger partial charge in [-0.25, -0.2) is 0 Å². The van der Waals surface area contributed by atoms with Crippen molar-refractivity contribution in [3.05, 3.63) is 199 Å². The van der Waals surface area contributed by atoms with Crippen molar-refractivity contribution in [2.24, 2.45) is 28.1 Å². The van der Waals surface area contributed by atoms with E-state index in [1.54, 1.807) is 0 Å². The molecule has 3 aromatic carbocycles. The molecule has 2 saturated carbocycles. The van der Waals surface area contributed by atoms with Crippen molar-refractivity contribution >= 4 is 40.3 Å². The van der Waals surface area contributed by atoms with Crippen LogP contribution in [0.4, 0.5) is 11.4 Å².